The van der Waals surface area contributed by atoms with E-state index in [0.717, 1.165) is 5.56 Å². The van der Waals surface area contributed by atoms with Crippen molar-refractivity contribution in [2.75, 3.05) is 13.1 Å². The summed E-state index contributed by atoms with van der Waals surface area (Å²) in [6.07, 6.45) is 5.09. The predicted molar refractivity (Wildman–Crippen MR) is 57.3 cm³/mol. The van der Waals surface area contributed by atoms with Crippen molar-refractivity contribution in [2.24, 2.45) is 0 Å². The van der Waals surface area contributed by atoms with Crippen LogP contribution in [-0.4, -0.2) is 34.0 Å². The zero-order chi connectivity index (χ0) is 11.1. The van der Waals surface area contributed by atoms with Crippen molar-refractivity contribution in [3.8, 4) is 0 Å². The van der Waals surface area contributed by atoms with E-state index in [0.29, 0.717) is 13.1 Å². The number of carboxylic acid groups (broad SMARTS) is 1. The fraction of sp³-hybridized carbons (Fsp3) is 0.273. The summed E-state index contributed by atoms with van der Waals surface area (Å²) in [6.45, 7) is 4.79. The Morgan fingerprint density at radius 2 is 2.20 bits per heavy atom. The highest BCUT2D eigenvalue weighted by molar-refractivity contribution is 5.69. The Labute approximate surface area is 88.9 Å². The molecular weight excluding hydrogens is 192 g/mol. The van der Waals surface area contributed by atoms with Gasteiger partial charge < -0.3 is 5.11 Å². The van der Waals surface area contributed by atoms with E-state index in [4.69, 9.17) is 5.11 Å². The van der Waals surface area contributed by atoms with Crippen LogP contribution in [0.5, 0.6) is 0 Å². The number of carbonyl (C=O) groups is 1. The van der Waals surface area contributed by atoms with E-state index in [2.05, 4.69) is 11.6 Å². The molecule has 0 aliphatic heterocycles. The first-order valence-electron chi connectivity index (χ1n) is 4.66. The van der Waals surface area contributed by atoms with Gasteiger partial charge in [-0.15, -0.1) is 6.58 Å². The minimum atomic E-state index is -0.828. The molecule has 0 radical (unpaired) electrons. The van der Waals surface area contributed by atoms with Gasteiger partial charge in [0.2, 0.25) is 0 Å². The van der Waals surface area contributed by atoms with Crippen LogP contribution in [0.4, 0.5) is 0 Å². The average molecular weight is 206 g/mol. The highest BCUT2D eigenvalue weighted by Gasteiger charge is 2.08. The summed E-state index contributed by atoms with van der Waals surface area (Å²) in [6, 6.07) is 3.75. The molecule has 1 rings (SSSR count). The fourth-order valence-electron chi connectivity index (χ4n) is 1.31. The molecule has 0 fully saturated rings. The Hall–Kier alpha value is -1.68. The van der Waals surface area contributed by atoms with Crippen LogP contribution in [0, 0.1) is 0 Å². The number of pyridine rings is 1. The third-order valence-corrected chi connectivity index (χ3v) is 1.90. The molecule has 0 saturated heterocycles. The van der Waals surface area contributed by atoms with Crippen LogP contribution < -0.4 is 0 Å². The maximum atomic E-state index is 10.6. The molecule has 0 saturated carbocycles. The number of rotatable bonds is 6. The quantitative estimate of drug-likeness (QED) is 0.709. The Morgan fingerprint density at radius 3 is 2.73 bits per heavy atom. The van der Waals surface area contributed by atoms with Gasteiger partial charge in [0.05, 0.1) is 6.54 Å². The molecule has 4 heteroatoms. The first-order valence-corrected chi connectivity index (χ1v) is 4.66. The molecule has 0 amide bonds. The fourth-order valence-corrected chi connectivity index (χ4v) is 1.31. The lowest BCUT2D eigenvalue weighted by Gasteiger charge is -2.17. The molecule has 15 heavy (non-hydrogen) atoms. The molecule has 1 aromatic rings. The summed E-state index contributed by atoms with van der Waals surface area (Å²) in [4.78, 5) is 16.3. The summed E-state index contributed by atoms with van der Waals surface area (Å²) in [5.41, 5.74) is 1.05. The van der Waals surface area contributed by atoms with Gasteiger partial charge in [0, 0.05) is 25.5 Å². The van der Waals surface area contributed by atoms with Gasteiger partial charge in [-0.2, -0.15) is 0 Å². The minimum Gasteiger partial charge on any atom is -0.480 e. The second-order valence-electron chi connectivity index (χ2n) is 3.21. The standard InChI is InChI=1S/C11H14N2O2/c1-2-7-13(9-11(14)15)8-10-3-5-12-6-4-10/h2-6H,1,7-9H2,(H,14,15). The van der Waals surface area contributed by atoms with Crippen LogP contribution in [0.3, 0.4) is 0 Å². The summed E-state index contributed by atoms with van der Waals surface area (Å²) in [7, 11) is 0. The third kappa shape index (κ3) is 4.37. The van der Waals surface area contributed by atoms with E-state index in [9.17, 15) is 4.79 Å². The first-order chi connectivity index (χ1) is 7.22. The van der Waals surface area contributed by atoms with Gasteiger partial charge in [0.25, 0.3) is 0 Å². The monoisotopic (exact) mass is 206 g/mol. The van der Waals surface area contributed by atoms with Crippen molar-refractivity contribution < 1.29 is 9.90 Å². The van der Waals surface area contributed by atoms with Gasteiger partial charge in [-0.3, -0.25) is 14.7 Å². The van der Waals surface area contributed by atoms with Crippen LogP contribution in [-0.2, 0) is 11.3 Å². The van der Waals surface area contributed by atoms with E-state index < -0.39 is 5.97 Å². The first kappa shape index (κ1) is 11.4. The van der Waals surface area contributed by atoms with Crippen molar-refractivity contribution in [1.29, 1.82) is 0 Å². The van der Waals surface area contributed by atoms with Gasteiger partial charge >= 0.3 is 5.97 Å². The Bertz CT molecular complexity index is 325. The summed E-state index contributed by atoms with van der Waals surface area (Å²) < 4.78 is 0. The van der Waals surface area contributed by atoms with E-state index in [1.54, 1.807) is 23.4 Å². The molecule has 0 aliphatic rings. The van der Waals surface area contributed by atoms with E-state index in [-0.39, 0.29) is 6.54 Å². The maximum absolute atomic E-state index is 10.6. The smallest absolute Gasteiger partial charge is 0.317 e. The van der Waals surface area contributed by atoms with Crippen LogP contribution in [0.25, 0.3) is 0 Å². The number of hydrogen-bond donors (Lipinski definition) is 1. The van der Waals surface area contributed by atoms with Crippen molar-refractivity contribution >= 4 is 5.97 Å². The summed E-state index contributed by atoms with van der Waals surface area (Å²) in [5, 5.41) is 8.70. The molecule has 0 atom stereocenters. The molecule has 0 aliphatic carbocycles. The average Bonchev–Trinajstić information content (AvgIpc) is 2.18. The molecule has 4 nitrogen and oxygen atoms in total. The molecule has 1 aromatic heterocycles. The predicted octanol–water partition coefficient (Wildman–Crippen LogP) is 1.15. The normalized spacial score (nSPS) is 10.2. The largest absolute Gasteiger partial charge is 0.480 e. The number of aromatic nitrogens is 1. The minimum absolute atomic E-state index is 0.0222. The Kier molecular flexibility index (Phi) is 4.50. The van der Waals surface area contributed by atoms with E-state index >= 15 is 0 Å². The van der Waals surface area contributed by atoms with Crippen LogP contribution in [0.2, 0.25) is 0 Å². The van der Waals surface area contributed by atoms with E-state index in [1.165, 1.54) is 0 Å². The molecule has 80 valence electrons. The molecule has 0 bridgehead atoms. The van der Waals surface area contributed by atoms with E-state index in [1.807, 2.05) is 12.1 Å². The molecule has 1 N–H and O–H groups in total. The lowest BCUT2D eigenvalue weighted by atomic mass is 10.2. The molecule has 0 unspecified atom stereocenters. The van der Waals surface area contributed by atoms with Crippen LogP contribution in [0.15, 0.2) is 37.2 Å². The number of carboxylic acids is 1. The van der Waals surface area contributed by atoms with Gasteiger partial charge in [0.1, 0.15) is 0 Å². The number of nitrogens with zero attached hydrogens (tertiary/aromatic N) is 2. The highest BCUT2D eigenvalue weighted by atomic mass is 16.4. The zero-order valence-electron chi connectivity index (χ0n) is 8.47. The third-order valence-electron chi connectivity index (χ3n) is 1.90. The van der Waals surface area contributed by atoms with Crippen LogP contribution in [0.1, 0.15) is 5.56 Å². The van der Waals surface area contributed by atoms with Crippen molar-refractivity contribution in [1.82, 2.24) is 9.88 Å². The SMILES string of the molecule is C=CCN(CC(=O)O)Cc1ccncc1. The Morgan fingerprint density at radius 1 is 1.53 bits per heavy atom. The molecule has 0 aromatic carbocycles. The molecule has 1 heterocycles. The zero-order valence-corrected chi connectivity index (χ0v) is 8.47. The molecular formula is C11H14N2O2. The lowest BCUT2D eigenvalue weighted by molar-refractivity contribution is -0.138. The van der Waals surface area contributed by atoms with Gasteiger partial charge in [-0.1, -0.05) is 6.08 Å². The van der Waals surface area contributed by atoms with Crippen molar-refractivity contribution in [3.63, 3.8) is 0 Å². The second kappa shape index (κ2) is 5.93. The Balaban J connectivity index is 2.58. The second-order valence-corrected chi connectivity index (χ2v) is 3.21. The maximum Gasteiger partial charge on any atom is 0.317 e. The van der Waals surface area contributed by atoms with Crippen molar-refractivity contribution in [3.05, 3.63) is 42.7 Å². The van der Waals surface area contributed by atoms with Crippen molar-refractivity contribution in [2.45, 2.75) is 6.54 Å². The highest BCUT2D eigenvalue weighted by Crippen LogP contribution is 2.02. The van der Waals surface area contributed by atoms with Gasteiger partial charge in [-0.05, 0) is 17.7 Å². The number of hydrogen-bond acceptors (Lipinski definition) is 3. The van der Waals surface area contributed by atoms with Gasteiger partial charge in [-0.25, -0.2) is 0 Å². The van der Waals surface area contributed by atoms with Crippen LogP contribution >= 0.6 is 0 Å². The summed E-state index contributed by atoms with van der Waals surface area (Å²) >= 11 is 0. The lowest BCUT2D eigenvalue weighted by Crippen LogP contribution is -2.29. The number of aliphatic carboxylic acids is 1. The molecule has 0 spiro atoms. The van der Waals surface area contributed by atoms with Gasteiger partial charge in [0.15, 0.2) is 0 Å². The topological polar surface area (TPSA) is 53.4 Å². The summed E-state index contributed by atoms with van der Waals surface area (Å²) in [5.74, 6) is -0.828.